The van der Waals surface area contributed by atoms with Gasteiger partial charge in [-0.1, -0.05) is 64.4 Å². The maximum absolute atomic E-state index is 12.2. The van der Waals surface area contributed by atoms with Crippen LogP contribution >= 0.6 is 0 Å². The van der Waals surface area contributed by atoms with E-state index in [1.807, 2.05) is 39.0 Å². The minimum Gasteiger partial charge on any atom is -0.352 e. The zero-order valence-electron chi connectivity index (χ0n) is 13.1. The Labute approximate surface area is 122 Å². The molecule has 0 spiro atoms. The number of carbonyl (C=O) groups excluding carboxylic acids is 1. The topological polar surface area (TPSA) is 55.1 Å². The van der Waals surface area contributed by atoms with Crippen LogP contribution in [0.2, 0.25) is 0 Å². The molecule has 1 aromatic rings. The summed E-state index contributed by atoms with van der Waals surface area (Å²) in [5.74, 6) is -0.0492. The molecule has 0 saturated heterocycles. The maximum atomic E-state index is 12.2. The predicted octanol–water partition coefficient (Wildman–Crippen LogP) is 2.89. The summed E-state index contributed by atoms with van der Waals surface area (Å²) in [6.45, 7) is 8.10. The second-order valence-electron chi connectivity index (χ2n) is 6.53. The van der Waals surface area contributed by atoms with Crippen LogP contribution in [0.3, 0.4) is 0 Å². The zero-order valence-corrected chi connectivity index (χ0v) is 13.1. The lowest BCUT2D eigenvalue weighted by Crippen LogP contribution is -2.51. The summed E-state index contributed by atoms with van der Waals surface area (Å²) < 4.78 is 0. The Kier molecular flexibility index (Phi) is 6.21. The van der Waals surface area contributed by atoms with Crippen molar-refractivity contribution in [2.24, 2.45) is 11.1 Å². The average Bonchev–Trinajstić information content (AvgIpc) is 2.38. The molecule has 0 radical (unpaired) electrons. The van der Waals surface area contributed by atoms with E-state index in [9.17, 15) is 4.79 Å². The fourth-order valence-electron chi connectivity index (χ4n) is 2.16. The van der Waals surface area contributed by atoms with E-state index in [1.165, 1.54) is 5.56 Å². The summed E-state index contributed by atoms with van der Waals surface area (Å²) in [7, 11) is 0. The van der Waals surface area contributed by atoms with Gasteiger partial charge in [0.25, 0.3) is 0 Å². The van der Waals surface area contributed by atoms with Gasteiger partial charge >= 0.3 is 0 Å². The fourth-order valence-corrected chi connectivity index (χ4v) is 2.16. The molecule has 0 bridgehead atoms. The SMILES string of the molecule is CCCC(Cc1ccccc1)NC(=O)[C@@H](N)C(C)(C)C. The van der Waals surface area contributed by atoms with Crippen LogP contribution in [0.25, 0.3) is 0 Å². The lowest BCUT2D eigenvalue weighted by molar-refractivity contribution is -0.125. The number of amides is 1. The number of rotatable bonds is 6. The Morgan fingerprint density at radius 1 is 1.25 bits per heavy atom. The van der Waals surface area contributed by atoms with Crippen LogP contribution in [0.1, 0.15) is 46.1 Å². The van der Waals surface area contributed by atoms with Gasteiger partial charge in [0.1, 0.15) is 0 Å². The molecule has 3 heteroatoms. The highest BCUT2D eigenvalue weighted by atomic mass is 16.2. The largest absolute Gasteiger partial charge is 0.352 e. The molecule has 1 rings (SSSR count). The molecule has 1 amide bonds. The number of hydrogen-bond donors (Lipinski definition) is 2. The molecule has 1 aromatic carbocycles. The summed E-state index contributed by atoms with van der Waals surface area (Å²) in [6.07, 6.45) is 2.87. The van der Waals surface area contributed by atoms with Crippen LogP contribution in [0, 0.1) is 5.41 Å². The van der Waals surface area contributed by atoms with Crippen LogP contribution in [-0.4, -0.2) is 18.0 Å². The lowest BCUT2D eigenvalue weighted by atomic mass is 9.86. The van der Waals surface area contributed by atoms with Crippen molar-refractivity contribution in [3.8, 4) is 0 Å². The van der Waals surface area contributed by atoms with Gasteiger partial charge in [-0.15, -0.1) is 0 Å². The number of benzene rings is 1. The van der Waals surface area contributed by atoms with Crippen LogP contribution < -0.4 is 11.1 Å². The first-order valence-corrected chi connectivity index (χ1v) is 7.44. The standard InChI is InChI=1S/C17H28N2O/c1-5-9-14(12-13-10-7-6-8-11-13)19-16(20)15(18)17(2,3)4/h6-8,10-11,14-15H,5,9,12,18H2,1-4H3,(H,19,20)/t14?,15-/m1/s1. The molecule has 3 nitrogen and oxygen atoms in total. The summed E-state index contributed by atoms with van der Waals surface area (Å²) in [5.41, 5.74) is 7.05. The van der Waals surface area contributed by atoms with Gasteiger partial charge in [0.2, 0.25) is 5.91 Å². The van der Waals surface area contributed by atoms with Crippen LogP contribution in [0.4, 0.5) is 0 Å². The minimum absolute atomic E-state index is 0.0492. The Bertz CT molecular complexity index is 409. The van der Waals surface area contributed by atoms with Crippen molar-refractivity contribution >= 4 is 5.91 Å². The van der Waals surface area contributed by atoms with Crippen molar-refractivity contribution in [1.82, 2.24) is 5.32 Å². The molecule has 3 N–H and O–H groups in total. The van der Waals surface area contributed by atoms with Gasteiger partial charge in [0.05, 0.1) is 6.04 Å². The highest BCUT2D eigenvalue weighted by Crippen LogP contribution is 2.18. The highest BCUT2D eigenvalue weighted by molar-refractivity contribution is 5.82. The molecule has 0 aliphatic carbocycles. The smallest absolute Gasteiger partial charge is 0.237 e. The first-order chi connectivity index (χ1) is 9.34. The number of nitrogens with two attached hydrogens (primary N) is 1. The Balaban J connectivity index is 2.65. The fraction of sp³-hybridized carbons (Fsp3) is 0.588. The lowest BCUT2D eigenvalue weighted by Gasteiger charge is -2.28. The third-order valence-electron chi connectivity index (χ3n) is 3.52. The molecule has 0 saturated carbocycles. The molecule has 0 fully saturated rings. The second-order valence-corrected chi connectivity index (χ2v) is 6.53. The summed E-state index contributed by atoms with van der Waals surface area (Å²) >= 11 is 0. The van der Waals surface area contributed by atoms with E-state index < -0.39 is 6.04 Å². The van der Waals surface area contributed by atoms with Gasteiger partial charge in [-0.2, -0.15) is 0 Å². The summed E-state index contributed by atoms with van der Waals surface area (Å²) in [5, 5.41) is 3.11. The van der Waals surface area contributed by atoms with E-state index in [4.69, 9.17) is 5.73 Å². The van der Waals surface area contributed by atoms with Gasteiger partial charge in [0, 0.05) is 6.04 Å². The van der Waals surface area contributed by atoms with Crippen molar-refractivity contribution in [2.75, 3.05) is 0 Å². The third kappa shape index (κ3) is 5.33. The first kappa shape index (κ1) is 16.7. The van der Waals surface area contributed by atoms with Crippen LogP contribution in [-0.2, 0) is 11.2 Å². The minimum atomic E-state index is -0.474. The van der Waals surface area contributed by atoms with Crippen molar-refractivity contribution in [2.45, 2.75) is 59.0 Å². The molecule has 0 aliphatic rings. The first-order valence-electron chi connectivity index (χ1n) is 7.44. The molecule has 1 unspecified atom stereocenters. The van der Waals surface area contributed by atoms with Gasteiger partial charge in [-0.25, -0.2) is 0 Å². The normalized spacial score (nSPS) is 14.7. The van der Waals surface area contributed by atoms with Gasteiger partial charge in [-0.05, 0) is 23.8 Å². The Morgan fingerprint density at radius 2 is 1.85 bits per heavy atom. The molecular formula is C17H28N2O. The highest BCUT2D eigenvalue weighted by Gasteiger charge is 2.28. The van der Waals surface area contributed by atoms with Crippen LogP contribution in [0.15, 0.2) is 30.3 Å². The zero-order chi connectivity index (χ0) is 15.2. The van der Waals surface area contributed by atoms with E-state index in [0.29, 0.717) is 0 Å². The quantitative estimate of drug-likeness (QED) is 0.839. The molecule has 112 valence electrons. The molecule has 2 atom stereocenters. The van der Waals surface area contributed by atoms with Gasteiger partial charge in [0.15, 0.2) is 0 Å². The third-order valence-corrected chi connectivity index (χ3v) is 3.52. The Morgan fingerprint density at radius 3 is 2.35 bits per heavy atom. The summed E-state index contributed by atoms with van der Waals surface area (Å²) in [6, 6.07) is 9.94. The second kappa shape index (κ2) is 7.44. The van der Waals surface area contributed by atoms with E-state index in [1.54, 1.807) is 0 Å². The molecule has 0 aliphatic heterocycles. The number of carbonyl (C=O) groups is 1. The van der Waals surface area contributed by atoms with Crippen molar-refractivity contribution in [3.05, 3.63) is 35.9 Å². The number of hydrogen-bond acceptors (Lipinski definition) is 2. The number of nitrogens with one attached hydrogen (secondary N) is 1. The van der Waals surface area contributed by atoms with Crippen molar-refractivity contribution in [3.63, 3.8) is 0 Å². The van der Waals surface area contributed by atoms with E-state index in [2.05, 4.69) is 24.4 Å². The van der Waals surface area contributed by atoms with E-state index >= 15 is 0 Å². The molecule has 0 heterocycles. The maximum Gasteiger partial charge on any atom is 0.237 e. The van der Waals surface area contributed by atoms with Gasteiger partial charge < -0.3 is 11.1 Å². The predicted molar refractivity (Wildman–Crippen MR) is 84.4 cm³/mol. The van der Waals surface area contributed by atoms with Crippen molar-refractivity contribution < 1.29 is 4.79 Å². The van der Waals surface area contributed by atoms with E-state index in [-0.39, 0.29) is 17.4 Å². The molecule has 20 heavy (non-hydrogen) atoms. The average molecular weight is 276 g/mol. The van der Waals surface area contributed by atoms with Crippen molar-refractivity contribution in [1.29, 1.82) is 0 Å². The molecule has 0 aromatic heterocycles. The molecular weight excluding hydrogens is 248 g/mol. The van der Waals surface area contributed by atoms with E-state index in [0.717, 1.165) is 19.3 Å². The Hall–Kier alpha value is -1.35. The van der Waals surface area contributed by atoms with Crippen LogP contribution in [0.5, 0.6) is 0 Å². The summed E-state index contributed by atoms with van der Waals surface area (Å²) in [4.78, 5) is 12.2. The van der Waals surface area contributed by atoms with Gasteiger partial charge in [-0.3, -0.25) is 4.79 Å². The monoisotopic (exact) mass is 276 g/mol.